The van der Waals surface area contributed by atoms with Crippen molar-refractivity contribution in [3.05, 3.63) is 88.3 Å². The third-order valence-electron chi connectivity index (χ3n) is 5.00. The molecule has 0 aliphatic heterocycles. The van der Waals surface area contributed by atoms with E-state index in [2.05, 4.69) is 17.2 Å². The first-order valence-electron chi connectivity index (χ1n) is 9.60. The van der Waals surface area contributed by atoms with Crippen LogP contribution in [-0.4, -0.2) is 20.3 Å². The molecule has 0 unspecified atom stereocenters. The second-order valence-electron chi connectivity index (χ2n) is 6.93. The van der Waals surface area contributed by atoms with E-state index in [1.54, 1.807) is 23.0 Å². The van der Waals surface area contributed by atoms with Gasteiger partial charge in [0.25, 0.3) is 5.56 Å². The van der Waals surface area contributed by atoms with Crippen LogP contribution in [0.15, 0.2) is 71.7 Å². The number of para-hydroxylation sites is 1. The maximum absolute atomic E-state index is 13.1. The highest BCUT2D eigenvalue weighted by Gasteiger charge is 2.18. The summed E-state index contributed by atoms with van der Waals surface area (Å²) >= 11 is 0. The van der Waals surface area contributed by atoms with Gasteiger partial charge in [-0.15, -0.1) is 0 Å². The lowest BCUT2D eigenvalue weighted by Crippen LogP contribution is -2.27. The summed E-state index contributed by atoms with van der Waals surface area (Å²) in [6.45, 7) is 3.99. The van der Waals surface area contributed by atoms with Gasteiger partial charge in [0.2, 0.25) is 5.91 Å². The summed E-state index contributed by atoms with van der Waals surface area (Å²) < 4.78 is 3.15. The lowest BCUT2D eigenvalue weighted by molar-refractivity contribution is -0.116. The number of carbonyl (C=O) groups excluding carboxylic acids is 1. The maximum atomic E-state index is 13.1. The van der Waals surface area contributed by atoms with E-state index >= 15 is 0 Å². The molecule has 6 heteroatoms. The van der Waals surface area contributed by atoms with Gasteiger partial charge in [0, 0.05) is 11.9 Å². The SMILES string of the molecule is CCc1ccc(-n2c(=O)c3cccnc3n2CC(=O)Nc2ccccc2C)cc1. The van der Waals surface area contributed by atoms with Crippen molar-refractivity contribution in [2.24, 2.45) is 0 Å². The fourth-order valence-electron chi connectivity index (χ4n) is 3.40. The molecule has 4 aromatic rings. The largest absolute Gasteiger partial charge is 0.324 e. The highest BCUT2D eigenvalue weighted by atomic mass is 16.2. The molecule has 1 N–H and O–H groups in total. The molecule has 2 aromatic heterocycles. The molecule has 1 amide bonds. The lowest BCUT2D eigenvalue weighted by Gasteiger charge is -2.13. The minimum Gasteiger partial charge on any atom is -0.324 e. The van der Waals surface area contributed by atoms with Crippen LogP contribution >= 0.6 is 0 Å². The number of rotatable bonds is 5. The van der Waals surface area contributed by atoms with Crippen LogP contribution in [0, 0.1) is 6.92 Å². The lowest BCUT2D eigenvalue weighted by atomic mass is 10.1. The minimum atomic E-state index is -0.221. The van der Waals surface area contributed by atoms with Gasteiger partial charge in [0.1, 0.15) is 6.54 Å². The molecule has 0 aliphatic rings. The molecule has 0 aliphatic carbocycles. The Morgan fingerprint density at radius 3 is 2.52 bits per heavy atom. The molecular weight excluding hydrogens is 364 g/mol. The fourth-order valence-corrected chi connectivity index (χ4v) is 3.40. The Bertz CT molecular complexity index is 1240. The molecule has 0 bridgehead atoms. The van der Waals surface area contributed by atoms with Crippen molar-refractivity contribution in [2.45, 2.75) is 26.8 Å². The molecule has 0 radical (unpaired) electrons. The summed E-state index contributed by atoms with van der Waals surface area (Å²) in [5, 5.41) is 3.41. The van der Waals surface area contributed by atoms with E-state index in [1.807, 2.05) is 55.5 Å². The molecule has 146 valence electrons. The van der Waals surface area contributed by atoms with Gasteiger partial charge in [-0.05, 0) is 54.8 Å². The second kappa shape index (κ2) is 7.75. The van der Waals surface area contributed by atoms with Gasteiger partial charge in [-0.2, -0.15) is 0 Å². The molecule has 0 saturated carbocycles. The van der Waals surface area contributed by atoms with Gasteiger partial charge in [-0.3, -0.25) is 14.3 Å². The number of fused-ring (bicyclic) bond motifs is 1. The highest BCUT2D eigenvalue weighted by Crippen LogP contribution is 2.16. The number of carbonyl (C=O) groups is 1. The predicted molar refractivity (Wildman–Crippen MR) is 115 cm³/mol. The summed E-state index contributed by atoms with van der Waals surface area (Å²) in [6, 6.07) is 18.8. The Balaban J connectivity index is 1.77. The normalized spacial score (nSPS) is 11.0. The summed E-state index contributed by atoms with van der Waals surface area (Å²) in [5.41, 5.74) is 3.90. The quantitative estimate of drug-likeness (QED) is 0.569. The van der Waals surface area contributed by atoms with Gasteiger partial charge in [0.15, 0.2) is 5.65 Å². The molecule has 0 atom stereocenters. The van der Waals surface area contributed by atoms with Crippen LogP contribution in [0.25, 0.3) is 16.7 Å². The number of nitrogens with one attached hydrogen (secondary N) is 1. The number of pyridine rings is 1. The fraction of sp³-hybridized carbons (Fsp3) is 0.174. The molecular formula is C23H22N4O2. The van der Waals surface area contributed by atoms with E-state index < -0.39 is 0 Å². The zero-order chi connectivity index (χ0) is 20.4. The van der Waals surface area contributed by atoms with E-state index in [-0.39, 0.29) is 18.0 Å². The Labute approximate surface area is 168 Å². The first-order valence-corrected chi connectivity index (χ1v) is 9.60. The number of aryl methyl sites for hydroxylation is 2. The Hall–Kier alpha value is -3.67. The van der Waals surface area contributed by atoms with E-state index in [4.69, 9.17) is 0 Å². The monoisotopic (exact) mass is 386 g/mol. The molecule has 0 saturated heterocycles. The van der Waals surface area contributed by atoms with Crippen LogP contribution in [0.4, 0.5) is 5.69 Å². The van der Waals surface area contributed by atoms with E-state index in [0.717, 1.165) is 17.7 Å². The van der Waals surface area contributed by atoms with Crippen molar-refractivity contribution in [3.63, 3.8) is 0 Å². The third-order valence-corrected chi connectivity index (χ3v) is 5.00. The molecule has 29 heavy (non-hydrogen) atoms. The topological polar surface area (TPSA) is 68.9 Å². The highest BCUT2D eigenvalue weighted by molar-refractivity contribution is 5.92. The average Bonchev–Trinajstić information content (AvgIpc) is 3.02. The summed E-state index contributed by atoms with van der Waals surface area (Å²) in [7, 11) is 0. The van der Waals surface area contributed by atoms with Crippen LogP contribution in [0.3, 0.4) is 0 Å². The van der Waals surface area contributed by atoms with Gasteiger partial charge < -0.3 is 5.32 Å². The van der Waals surface area contributed by atoms with Crippen molar-refractivity contribution in [2.75, 3.05) is 5.32 Å². The Kier molecular flexibility index (Phi) is 4.99. The van der Waals surface area contributed by atoms with Crippen LogP contribution in [0.2, 0.25) is 0 Å². The van der Waals surface area contributed by atoms with Crippen molar-refractivity contribution in [1.29, 1.82) is 0 Å². The van der Waals surface area contributed by atoms with E-state index in [9.17, 15) is 9.59 Å². The van der Waals surface area contributed by atoms with E-state index in [0.29, 0.717) is 16.7 Å². The number of benzene rings is 2. The van der Waals surface area contributed by atoms with Crippen LogP contribution < -0.4 is 10.9 Å². The minimum absolute atomic E-state index is 0.0282. The number of hydrogen-bond donors (Lipinski definition) is 1. The first kappa shape index (κ1) is 18.7. The van der Waals surface area contributed by atoms with Gasteiger partial charge in [-0.1, -0.05) is 37.3 Å². The van der Waals surface area contributed by atoms with Crippen LogP contribution in [0.1, 0.15) is 18.1 Å². The summed E-state index contributed by atoms with van der Waals surface area (Å²) in [4.78, 5) is 30.2. The van der Waals surface area contributed by atoms with Crippen molar-refractivity contribution < 1.29 is 4.79 Å². The van der Waals surface area contributed by atoms with Crippen LogP contribution in [0.5, 0.6) is 0 Å². The van der Waals surface area contributed by atoms with Crippen molar-refractivity contribution >= 4 is 22.6 Å². The zero-order valence-electron chi connectivity index (χ0n) is 16.4. The summed E-state index contributed by atoms with van der Waals surface area (Å²) in [6.07, 6.45) is 2.54. The Morgan fingerprint density at radius 1 is 1.03 bits per heavy atom. The van der Waals surface area contributed by atoms with Crippen LogP contribution in [-0.2, 0) is 17.8 Å². The number of aromatic nitrogens is 3. The van der Waals surface area contributed by atoms with Crippen molar-refractivity contribution in [3.8, 4) is 5.69 Å². The maximum Gasteiger partial charge on any atom is 0.280 e. The molecule has 2 aromatic carbocycles. The predicted octanol–water partition coefficient (Wildman–Crippen LogP) is 3.70. The van der Waals surface area contributed by atoms with Gasteiger partial charge in [0.05, 0.1) is 11.1 Å². The summed E-state index contributed by atoms with van der Waals surface area (Å²) in [5.74, 6) is -0.221. The smallest absolute Gasteiger partial charge is 0.280 e. The second-order valence-corrected chi connectivity index (χ2v) is 6.93. The molecule has 4 rings (SSSR count). The van der Waals surface area contributed by atoms with Gasteiger partial charge >= 0.3 is 0 Å². The number of anilines is 1. The number of nitrogens with zero attached hydrogens (tertiary/aromatic N) is 3. The molecule has 6 nitrogen and oxygen atoms in total. The number of amides is 1. The standard InChI is InChI=1S/C23H22N4O2/c1-3-17-10-12-18(13-11-17)27-23(29)19-8-6-14-24-22(19)26(27)15-21(28)25-20-9-5-4-7-16(20)2/h4-14H,3,15H2,1-2H3,(H,25,28). The van der Waals surface area contributed by atoms with Gasteiger partial charge in [-0.25, -0.2) is 9.67 Å². The third kappa shape index (κ3) is 3.57. The molecule has 2 heterocycles. The zero-order valence-corrected chi connectivity index (χ0v) is 16.4. The van der Waals surface area contributed by atoms with E-state index in [1.165, 1.54) is 10.2 Å². The first-order chi connectivity index (χ1) is 14.1. The number of hydrogen-bond acceptors (Lipinski definition) is 3. The average molecular weight is 386 g/mol. The molecule has 0 spiro atoms. The molecule has 0 fully saturated rings. The Morgan fingerprint density at radius 2 is 1.79 bits per heavy atom. The van der Waals surface area contributed by atoms with Crippen molar-refractivity contribution in [1.82, 2.24) is 14.3 Å².